The molecule has 4 heteroatoms. The summed E-state index contributed by atoms with van der Waals surface area (Å²) in [5.41, 5.74) is 7.20. The lowest BCUT2D eigenvalue weighted by Gasteiger charge is -2.11. The lowest BCUT2D eigenvalue weighted by atomic mass is 10.2. The molecule has 1 unspecified atom stereocenters. The molecule has 0 fully saturated rings. The van der Waals surface area contributed by atoms with E-state index < -0.39 is 0 Å². The van der Waals surface area contributed by atoms with Gasteiger partial charge in [0.15, 0.2) is 0 Å². The Morgan fingerprint density at radius 3 is 2.70 bits per heavy atom. The van der Waals surface area contributed by atoms with Crippen molar-refractivity contribution < 1.29 is 0 Å². The molecule has 102 valence electrons. The Bertz CT molecular complexity index is 706. The predicted octanol–water partition coefficient (Wildman–Crippen LogP) is 4.05. The van der Waals surface area contributed by atoms with Crippen LogP contribution in [0.15, 0.2) is 64.5 Å². The van der Waals surface area contributed by atoms with Gasteiger partial charge in [0, 0.05) is 15.2 Å². The van der Waals surface area contributed by atoms with Crippen molar-refractivity contribution in [2.45, 2.75) is 29.3 Å². The van der Waals surface area contributed by atoms with Gasteiger partial charge in [-0.05, 0) is 30.7 Å². The van der Waals surface area contributed by atoms with Crippen molar-refractivity contribution in [1.29, 1.82) is 0 Å². The van der Waals surface area contributed by atoms with Crippen molar-refractivity contribution in [2.24, 2.45) is 5.73 Å². The number of rotatable bonds is 4. The highest BCUT2D eigenvalue weighted by Crippen LogP contribution is 2.30. The van der Waals surface area contributed by atoms with Gasteiger partial charge in [0.2, 0.25) is 0 Å². The van der Waals surface area contributed by atoms with Crippen molar-refractivity contribution in [3.8, 4) is 0 Å². The van der Waals surface area contributed by atoms with E-state index in [0.29, 0.717) is 0 Å². The van der Waals surface area contributed by atoms with Gasteiger partial charge in [-0.3, -0.25) is 0 Å². The topological polar surface area (TPSA) is 43.8 Å². The van der Waals surface area contributed by atoms with Gasteiger partial charge in [0.25, 0.3) is 0 Å². The first-order chi connectivity index (χ1) is 9.78. The monoisotopic (exact) mass is 283 g/mol. The average Bonchev–Trinajstić information content (AvgIpc) is 2.91. The molecule has 20 heavy (non-hydrogen) atoms. The fraction of sp³-hybridized carbons (Fsp3) is 0.188. The van der Waals surface area contributed by atoms with E-state index in [1.165, 1.54) is 9.79 Å². The highest BCUT2D eigenvalue weighted by molar-refractivity contribution is 7.99. The summed E-state index contributed by atoms with van der Waals surface area (Å²) in [6.07, 6.45) is 2.68. The Hall–Kier alpha value is -1.78. The van der Waals surface area contributed by atoms with Gasteiger partial charge in [-0.2, -0.15) is 5.10 Å². The van der Waals surface area contributed by atoms with E-state index in [1.54, 1.807) is 11.8 Å². The van der Waals surface area contributed by atoms with Gasteiger partial charge in [-0.25, -0.2) is 4.68 Å². The number of aromatic nitrogens is 2. The fourth-order valence-electron chi connectivity index (χ4n) is 2.14. The van der Waals surface area contributed by atoms with Crippen LogP contribution in [-0.4, -0.2) is 9.78 Å². The molecule has 0 aliphatic carbocycles. The summed E-state index contributed by atoms with van der Waals surface area (Å²) in [4.78, 5) is 2.44. The first-order valence-electron chi connectivity index (χ1n) is 6.73. The minimum absolute atomic E-state index is 0.0653. The summed E-state index contributed by atoms with van der Waals surface area (Å²) in [6, 6.07) is 16.8. The largest absolute Gasteiger partial charge is 0.310 e. The van der Waals surface area contributed by atoms with E-state index >= 15 is 0 Å². The minimum atomic E-state index is -0.0653. The van der Waals surface area contributed by atoms with Gasteiger partial charge in [0.1, 0.15) is 0 Å². The third-order valence-corrected chi connectivity index (χ3v) is 4.28. The van der Waals surface area contributed by atoms with Crippen LogP contribution in [-0.2, 0) is 0 Å². The molecule has 1 aromatic heterocycles. The van der Waals surface area contributed by atoms with Crippen LogP contribution in [0.4, 0.5) is 0 Å². The molecule has 3 rings (SSSR count). The molecule has 3 nitrogen and oxygen atoms in total. The molecule has 0 bridgehead atoms. The van der Waals surface area contributed by atoms with Gasteiger partial charge < -0.3 is 5.73 Å². The molecular weight excluding hydrogens is 266 g/mol. The third kappa shape index (κ3) is 2.57. The number of fused-ring (bicyclic) bond motifs is 1. The molecule has 0 saturated carbocycles. The van der Waals surface area contributed by atoms with Crippen LogP contribution < -0.4 is 5.73 Å². The maximum atomic E-state index is 6.10. The van der Waals surface area contributed by atoms with Gasteiger partial charge in [-0.15, -0.1) is 0 Å². The highest BCUT2D eigenvalue weighted by Gasteiger charge is 2.09. The summed E-state index contributed by atoms with van der Waals surface area (Å²) in [6.45, 7) is 2.07. The lowest BCUT2D eigenvalue weighted by Crippen LogP contribution is -2.18. The Kier molecular flexibility index (Phi) is 3.76. The van der Waals surface area contributed by atoms with Gasteiger partial charge in [0.05, 0.1) is 17.9 Å². The number of nitrogens with zero attached hydrogens (tertiary/aromatic N) is 2. The zero-order valence-corrected chi connectivity index (χ0v) is 12.2. The molecule has 0 saturated heterocycles. The Morgan fingerprint density at radius 1 is 1.15 bits per heavy atom. The van der Waals surface area contributed by atoms with Crippen LogP contribution >= 0.6 is 11.8 Å². The highest BCUT2D eigenvalue weighted by atomic mass is 32.2. The second-order valence-electron chi connectivity index (χ2n) is 4.70. The molecule has 1 heterocycles. The standard InChI is InChI=1S/C16H17N3S/c1-2-16(17)19-15-10-14(9-8-12(15)11-18-19)20-13-6-4-3-5-7-13/h3-11,16H,2,17H2,1H3. The first kappa shape index (κ1) is 13.2. The van der Waals surface area contributed by atoms with E-state index in [1.807, 2.05) is 16.9 Å². The number of nitrogens with two attached hydrogens (primary N) is 1. The number of hydrogen-bond acceptors (Lipinski definition) is 3. The molecule has 3 aromatic rings. The van der Waals surface area contributed by atoms with E-state index in [0.717, 1.165) is 17.3 Å². The molecule has 1 atom stereocenters. The van der Waals surface area contributed by atoms with E-state index in [2.05, 4.69) is 54.5 Å². The molecule has 2 N–H and O–H groups in total. The van der Waals surface area contributed by atoms with Crippen molar-refractivity contribution >= 4 is 22.7 Å². The number of hydrogen-bond donors (Lipinski definition) is 1. The van der Waals surface area contributed by atoms with Gasteiger partial charge in [-0.1, -0.05) is 43.0 Å². The third-order valence-electron chi connectivity index (χ3n) is 3.28. The van der Waals surface area contributed by atoms with Crippen LogP contribution in [0.25, 0.3) is 10.9 Å². The molecule has 0 aliphatic heterocycles. The van der Waals surface area contributed by atoms with Crippen molar-refractivity contribution in [2.75, 3.05) is 0 Å². The maximum absolute atomic E-state index is 6.10. The average molecular weight is 283 g/mol. The quantitative estimate of drug-likeness (QED) is 0.785. The van der Waals surface area contributed by atoms with E-state index in [-0.39, 0.29) is 6.17 Å². The zero-order valence-electron chi connectivity index (χ0n) is 11.4. The Morgan fingerprint density at radius 2 is 1.95 bits per heavy atom. The molecule has 0 radical (unpaired) electrons. The normalized spacial score (nSPS) is 12.7. The summed E-state index contributed by atoms with van der Waals surface area (Å²) < 4.78 is 1.91. The Balaban J connectivity index is 1.97. The SMILES string of the molecule is CCC(N)n1ncc2ccc(Sc3ccccc3)cc21. The second-order valence-corrected chi connectivity index (χ2v) is 5.85. The molecular formula is C16H17N3S. The summed E-state index contributed by atoms with van der Waals surface area (Å²) >= 11 is 1.75. The minimum Gasteiger partial charge on any atom is -0.310 e. The van der Waals surface area contributed by atoms with Crippen LogP contribution in [0.2, 0.25) is 0 Å². The summed E-state index contributed by atoms with van der Waals surface area (Å²) in [5.74, 6) is 0. The van der Waals surface area contributed by atoms with Crippen LogP contribution in [0, 0.1) is 0 Å². The maximum Gasteiger partial charge on any atom is 0.0993 e. The lowest BCUT2D eigenvalue weighted by molar-refractivity contribution is 0.470. The molecule has 0 amide bonds. The van der Waals surface area contributed by atoms with Crippen LogP contribution in [0.5, 0.6) is 0 Å². The fourth-order valence-corrected chi connectivity index (χ4v) is 3.02. The first-order valence-corrected chi connectivity index (χ1v) is 7.55. The number of benzene rings is 2. The van der Waals surface area contributed by atoms with Crippen molar-refractivity contribution in [3.05, 3.63) is 54.7 Å². The summed E-state index contributed by atoms with van der Waals surface area (Å²) in [5, 5.41) is 5.53. The smallest absolute Gasteiger partial charge is 0.0993 e. The van der Waals surface area contributed by atoms with E-state index in [9.17, 15) is 0 Å². The zero-order chi connectivity index (χ0) is 13.9. The molecule has 0 aliphatic rings. The van der Waals surface area contributed by atoms with Crippen molar-refractivity contribution in [3.63, 3.8) is 0 Å². The van der Waals surface area contributed by atoms with E-state index in [4.69, 9.17) is 5.73 Å². The molecule has 0 spiro atoms. The van der Waals surface area contributed by atoms with Gasteiger partial charge >= 0.3 is 0 Å². The predicted molar refractivity (Wildman–Crippen MR) is 83.8 cm³/mol. The second kappa shape index (κ2) is 5.69. The van der Waals surface area contributed by atoms with Crippen LogP contribution in [0.3, 0.4) is 0 Å². The van der Waals surface area contributed by atoms with Crippen molar-refractivity contribution in [1.82, 2.24) is 9.78 Å². The van der Waals surface area contributed by atoms with Crippen LogP contribution in [0.1, 0.15) is 19.5 Å². The Labute approximate surface area is 122 Å². The summed E-state index contributed by atoms with van der Waals surface area (Å²) in [7, 11) is 0. The molecule has 2 aromatic carbocycles.